The van der Waals surface area contributed by atoms with E-state index in [-0.39, 0.29) is 18.2 Å². The number of amides is 2. The third-order valence-electron chi connectivity index (χ3n) is 2.31. The van der Waals surface area contributed by atoms with Crippen LogP contribution >= 0.6 is 27.5 Å². The van der Waals surface area contributed by atoms with Gasteiger partial charge in [0.15, 0.2) is 0 Å². The summed E-state index contributed by atoms with van der Waals surface area (Å²) in [5.41, 5.74) is 0.503. The van der Waals surface area contributed by atoms with Crippen molar-refractivity contribution in [1.29, 1.82) is 0 Å². The molecule has 0 radical (unpaired) electrons. The minimum Gasteiger partial charge on any atom is -0.352 e. The molecule has 0 aliphatic heterocycles. The van der Waals surface area contributed by atoms with Gasteiger partial charge in [-0.05, 0) is 34.1 Å². The third kappa shape index (κ3) is 4.31. The molecule has 0 heterocycles. The molecular formula is C12H14BrClN2O2. The molecule has 1 aromatic carbocycles. The van der Waals surface area contributed by atoms with Gasteiger partial charge < -0.3 is 10.2 Å². The van der Waals surface area contributed by atoms with Crippen molar-refractivity contribution in [3.63, 3.8) is 0 Å². The number of benzene rings is 1. The Bertz CT molecular complexity index is 463. The van der Waals surface area contributed by atoms with Crippen molar-refractivity contribution in [1.82, 2.24) is 10.2 Å². The maximum atomic E-state index is 11.8. The zero-order valence-corrected chi connectivity index (χ0v) is 12.5. The zero-order valence-electron chi connectivity index (χ0n) is 10.2. The summed E-state index contributed by atoms with van der Waals surface area (Å²) in [6.07, 6.45) is 0.285. The Hall–Kier alpha value is -1.07. The second-order valence-corrected chi connectivity index (χ2v) is 5.18. The van der Waals surface area contributed by atoms with Crippen LogP contribution < -0.4 is 5.32 Å². The van der Waals surface area contributed by atoms with Crippen LogP contribution in [-0.2, 0) is 4.79 Å². The molecule has 6 heteroatoms. The van der Waals surface area contributed by atoms with Crippen molar-refractivity contribution in [3.05, 3.63) is 33.3 Å². The van der Waals surface area contributed by atoms with Crippen molar-refractivity contribution in [2.24, 2.45) is 0 Å². The number of nitrogens with one attached hydrogen (secondary N) is 1. The predicted octanol–water partition coefficient (Wildman–Crippen LogP) is 2.31. The summed E-state index contributed by atoms with van der Waals surface area (Å²) >= 11 is 9.09. The van der Waals surface area contributed by atoms with Gasteiger partial charge in [-0.2, -0.15) is 0 Å². The number of hydrogen-bond donors (Lipinski definition) is 1. The minimum absolute atomic E-state index is 0.0208. The van der Waals surface area contributed by atoms with Crippen LogP contribution in [0.3, 0.4) is 0 Å². The lowest BCUT2D eigenvalue weighted by molar-refractivity contribution is -0.128. The van der Waals surface area contributed by atoms with E-state index < -0.39 is 0 Å². The number of rotatable bonds is 4. The van der Waals surface area contributed by atoms with Gasteiger partial charge in [-0.3, -0.25) is 9.59 Å². The summed E-state index contributed by atoms with van der Waals surface area (Å²) in [5.74, 6) is -0.244. The van der Waals surface area contributed by atoms with Gasteiger partial charge in [0.25, 0.3) is 5.91 Å². The molecular weight excluding hydrogens is 320 g/mol. The lowest BCUT2D eigenvalue weighted by Crippen LogP contribution is -2.30. The topological polar surface area (TPSA) is 49.4 Å². The van der Waals surface area contributed by atoms with Crippen molar-refractivity contribution < 1.29 is 9.59 Å². The van der Waals surface area contributed by atoms with E-state index in [2.05, 4.69) is 21.2 Å². The molecule has 1 N–H and O–H groups in total. The number of hydrogen-bond acceptors (Lipinski definition) is 2. The highest BCUT2D eigenvalue weighted by Gasteiger charge is 2.09. The van der Waals surface area contributed by atoms with Crippen molar-refractivity contribution in [2.45, 2.75) is 6.42 Å². The minimum atomic E-state index is -0.223. The summed E-state index contributed by atoms with van der Waals surface area (Å²) in [4.78, 5) is 24.6. The highest BCUT2D eigenvalue weighted by Crippen LogP contribution is 2.23. The number of carbonyl (C=O) groups excluding carboxylic acids is 2. The predicted molar refractivity (Wildman–Crippen MR) is 74.8 cm³/mol. The van der Waals surface area contributed by atoms with E-state index in [0.717, 1.165) is 0 Å². The fraction of sp³-hybridized carbons (Fsp3) is 0.333. The van der Waals surface area contributed by atoms with E-state index >= 15 is 0 Å². The van der Waals surface area contributed by atoms with E-state index in [1.807, 2.05) is 0 Å². The van der Waals surface area contributed by atoms with Crippen LogP contribution in [-0.4, -0.2) is 37.4 Å². The van der Waals surface area contributed by atoms with Gasteiger partial charge in [-0.25, -0.2) is 0 Å². The van der Waals surface area contributed by atoms with Crippen LogP contribution in [0.5, 0.6) is 0 Å². The van der Waals surface area contributed by atoms with Crippen LogP contribution in [0.15, 0.2) is 22.7 Å². The average molecular weight is 334 g/mol. The fourth-order valence-electron chi connectivity index (χ4n) is 1.25. The van der Waals surface area contributed by atoms with Gasteiger partial charge in [0, 0.05) is 37.1 Å². The normalized spacial score (nSPS) is 10.0. The molecule has 2 amide bonds. The zero-order chi connectivity index (χ0) is 13.7. The molecule has 0 atom stereocenters. The van der Waals surface area contributed by atoms with Crippen molar-refractivity contribution in [2.75, 3.05) is 20.6 Å². The quantitative estimate of drug-likeness (QED) is 0.919. The largest absolute Gasteiger partial charge is 0.352 e. The van der Waals surface area contributed by atoms with E-state index in [4.69, 9.17) is 11.6 Å². The van der Waals surface area contributed by atoms with E-state index in [1.54, 1.807) is 32.3 Å². The van der Waals surface area contributed by atoms with Crippen molar-refractivity contribution >= 4 is 39.3 Å². The molecule has 0 fully saturated rings. The summed E-state index contributed by atoms with van der Waals surface area (Å²) in [5, 5.41) is 3.23. The Balaban J connectivity index is 2.50. The molecule has 98 valence electrons. The Labute approximate surface area is 119 Å². The molecule has 1 aromatic rings. The first-order valence-electron chi connectivity index (χ1n) is 5.35. The van der Waals surface area contributed by atoms with Crippen molar-refractivity contribution in [3.8, 4) is 0 Å². The van der Waals surface area contributed by atoms with Crippen LogP contribution in [0, 0.1) is 0 Å². The maximum absolute atomic E-state index is 11.8. The second-order valence-electron chi connectivity index (χ2n) is 3.92. The first-order valence-corrected chi connectivity index (χ1v) is 6.52. The number of nitrogens with zero attached hydrogens (tertiary/aromatic N) is 1. The maximum Gasteiger partial charge on any atom is 0.251 e. The molecule has 0 saturated heterocycles. The fourth-order valence-corrected chi connectivity index (χ4v) is 1.74. The van der Waals surface area contributed by atoms with E-state index in [1.165, 1.54) is 4.90 Å². The van der Waals surface area contributed by atoms with Gasteiger partial charge in [-0.1, -0.05) is 11.6 Å². The van der Waals surface area contributed by atoms with Gasteiger partial charge in [0.05, 0.1) is 5.02 Å². The lowest BCUT2D eigenvalue weighted by atomic mass is 10.2. The highest BCUT2D eigenvalue weighted by atomic mass is 79.9. The van der Waals surface area contributed by atoms with Crippen LogP contribution in [0.2, 0.25) is 5.02 Å². The van der Waals surface area contributed by atoms with Gasteiger partial charge in [-0.15, -0.1) is 0 Å². The van der Waals surface area contributed by atoms with Crippen LogP contribution in [0.25, 0.3) is 0 Å². The molecule has 0 aliphatic carbocycles. The first-order chi connectivity index (χ1) is 8.41. The van der Waals surface area contributed by atoms with E-state index in [0.29, 0.717) is 21.6 Å². The smallest absolute Gasteiger partial charge is 0.251 e. The lowest BCUT2D eigenvalue weighted by Gasteiger charge is -2.10. The SMILES string of the molecule is CN(C)C(=O)CCNC(=O)c1ccc(Cl)c(Br)c1. The first kappa shape index (κ1) is 15.0. The van der Waals surface area contributed by atoms with Crippen LogP contribution in [0.1, 0.15) is 16.8 Å². The van der Waals surface area contributed by atoms with Crippen LogP contribution in [0.4, 0.5) is 0 Å². The molecule has 0 aromatic heterocycles. The highest BCUT2D eigenvalue weighted by molar-refractivity contribution is 9.10. The molecule has 0 spiro atoms. The Morgan fingerprint density at radius 2 is 2.06 bits per heavy atom. The monoisotopic (exact) mass is 332 g/mol. The molecule has 1 rings (SSSR count). The second kappa shape index (κ2) is 6.75. The number of carbonyl (C=O) groups is 2. The molecule has 0 unspecified atom stereocenters. The average Bonchev–Trinajstić information content (AvgIpc) is 2.32. The number of halogens is 2. The van der Waals surface area contributed by atoms with Gasteiger partial charge in [0.1, 0.15) is 0 Å². The third-order valence-corrected chi connectivity index (χ3v) is 3.52. The van der Waals surface area contributed by atoms with Gasteiger partial charge >= 0.3 is 0 Å². The Morgan fingerprint density at radius 3 is 2.61 bits per heavy atom. The Morgan fingerprint density at radius 1 is 1.39 bits per heavy atom. The Kier molecular flexibility index (Phi) is 5.62. The molecule has 0 aliphatic rings. The summed E-state index contributed by atoms with van der Waals surface area (Å²) < 4.78 is 0.668. The van der Waals surface area contributed by atoms with Gasteiger partial charge in [0.2, 0.25) is 5.91 Å². The standard InChI is InChI=1S/C12H14BrClN2O2/c1-16(2)11(17)5-6-15-12(18)8-3-4-10(14)9(13)7-8/h3-4,7H,5-6H2,1-2H3,(H,15,18). The van der Waals surface area contributed by atoms with E-state index in [9.17, 15) is 9.59 Å². The summed E-state index contributed by atoms with van der Waals surface area (Å²) in [6, 6.07) is 4.92. The molecule has 18 heavy (non-hydrogen) atoms. The summed E-state index contributed by atoms with van der Waals surface area (Å²) in [6.45, 7) is 0.316. The molecule has 0 bridgehead atoms. The summed E-state index contributed by atoms with van der Waals surface area (Å²) in [7, 11) is 3.36. The molecule has 0 saturated carbocycles. The molecule has 4 nitrogen and oxygen atoms in total.